The molecule has 1 unspecified atom stereocenters. The number of benzene rings is 2. The summed E-state index contributed by atoms with van der Waals surface area (Å²) in [7, 11) is 0. The van der Waals surface area contributed by atoms with E-state index in [1.54, 1.807) is 18.2 Å². The lowest BCUT2D eigenvalue weighted by atomic mass is 10.0. The molecule has 0 saturated carbocycles. The van der Waals surface area contributed by atoms with Crippen LogP contribution in [0.1, 0.15) is 37.5 Å². The summed E-state index contributed by atoms with van der Waals surface area (Å²) < 4.78 is 29.8. The number of halogens is 2. The molecule has 0 spiro atoms. The Labute approximate surface area is 164 Å². The Balaban J connectivity index is 1.44. The minimum atomic E-state index is -2.92. The van der Waals surface area contributed by atoms with Gasteiger partial charge in [-0.1, -0.05) is 12.1 Å². The van der Waals surface area contributed by atoms with E-state index in [1.165, 1.54) is 24.3 Å². The van der Waals surface area contributed by atoms with Crippen LogP contribution in [0.25, 0.3) is 0 Å². The maximum Gasteiger partial charge on any atom is 0.387 e. The molecule has 1 fully saturated rings. The second kappa shape index (κ2) is 7.50. The average molecular weight is 401 g/mol. The Kier molecular flexibility index (Phi) is 4.87. The number of nitrogens with zero attached hydrogens (tertiary/aromatic N) is 1. The quantitative estimate of drug-likeness (QED) is 0.750. The van der Waals surface area contributed by atoms with Crippen LogP contribution >= 0.6 is 0 Å². The highest BCUT2D eigenvalue weighted by Gasteiger charge is 2.29. The van der Waals surface area contributed by atoms with Crippen LogP contribution < -0.4 is 20.3 Å². The van der Waals surface area contributed by atoms with Crippen molar-refractivity contribution < 1.29 is 27.9 Å². The largest absolute Gasteiger partial charge is 0.433 e. The second-order valence-electron chi connectivity index (χ2n) is 6.79. The zero-order valence-corrected chi connectivity index (χ0v) is 15.2. The normalized spacial score (nSPS) is 18.0. The molecular weight excluding hydrogens is 384 g/mol. The number of nitrogens with one attached hydrogen (secondary N) is 2. The molecule has 1 atom stereocenters. The molecule has 1 saturated heterocycles. The Bertz CT molecular complexity index is 995. The third-order valence-electron chi connectivity index (χ3n) is 4.94. The van der Waals surface area contributed by atoms with Gasteiger partial charge in [0.15, 0.2) is 0 Å². The molecule has 0 radical (unpaired) electrons. The number of carbonyl (C=O) groups is 3. The molecule has 2 heterocycles. The van der Waals surface area contributed by atoms with Gasteiger partial charge in [-0.15, -0.1) is 0 Å². The van der Waals surface area contributed by atoms with Gasteiger partial charge in [0.25, 0.3) is 17.7 Å². The predicted octanol–water partition coefficient (Wildman–Crippen LogP) is 2.18. The second-order valence-corrected chi connectivity index (χ2v) is 6.79. The number of alkyl halides is 2. The zero-order valence-electron chi connectivity index (χ0n) is 15.2. The van der Waals surface area contributed by atoms with Gasteiger partial charge in [-0.2, -0.15) is 8.78 Å². The van der Waals surface area contributed by atoms with Crippen molar-refractivity contribution >= 4 is 23.4 Å². The number of carbonyl (C=O) groups excluding carboxylic acids is 3. The van der Waals surface area contributed by atoms with E-state index in [-0.39, 0.29) is 34.4 Å². The van der Waals surface area contributed by atoms with E-state index < -0.39 is 18.4 Å². The Morgan fingerprint density at radius 1 is 1.14 bits per heavy atom. The van der Waals surface area contributed by atoms with Crippen molar-refractivity contribution in [3.8, 4) is 5.75 Å². The zero-order chi connectivity index (χ0) is 20.5. The molecule has 0 aliphatic carbocycles. The molecule has 0 bridgehead atoms. The lowest BCUT2D eigenvalue weighted by Crippen LogP contribution is -2.37. The summed E-state index contributed by atoms with van der Waals surface area (Å²) >= 11 is 0. The first-order valence-electron chi connectivity index (χ1n) is 9.02. The van der Waals surface area contributed by atoms with Gasteiger partial charge in [0.1, 0.15) is 5.75 Å². The maximum atomic E-state index is 12.6. The number of ether oxygens (including phenoxy) is 1. The third kappa shape index (κ3) is 3.75. The highest BCUT2D eigenvalue weighted by atomic mass is 19.3. The number of anilines is 1. The first-order valence-corrected chi connectivity index (χ1v) is 9.02. The van der Waals surface area contributed by atoms with Crippen molar-refractivity contribution in [3.05, 3.63) is 59.2 Å². The van der Waals surface area contributed by atoms with Crippen LogP contribution in [0.5, 0.6) is 5.75 Å². The summed E-state index contributed by atoms with van der Waals surface area (Å²) in [5, 5.41) is 5.07. The minimum Gasteiger partial charge on any atom is -0.433 e. The molecular formula is C20H17F2N3O4. The van der Waals surface area contributed by atoms with Gasteiger partial charge in [-0.25, -0.2) is 0 Å². The number of rotatable bonds is 5. The van der Waals surface area contributed by atoms with Crippen LogP contribution in [-0.4, -0.2) is 43.5 Å². The number of imide groups is 1. The summed E-state index contributed by atoms with van der Waals surface area (Å²) in [4.78, 5) is 37.8. The molecule has 4 rings (SSSR count). The van der Waals surface area contributed by atoms with E-state index in [0.717, 1.165) is 0 Å². The Morgan fingerprint density at radius 3 is 2.69 bits per heavy atom. The van der Waals surface area contributed by atoms with Crippen molar-refractivity contribution in [2.24, 2.45) is 0 Å². The van der Waals surface area contributed by atoms with Gasteiger partial charge in [-0.3, -0.25) is 19.7 Å². The van der Waals surface area contributed by atoms with Gasteiger partial charge >= 0.3 is 6.61 Å². The van der Waals surface area contributed by atoms with Gasteiger partial charge in [-0.05, 0) is 36.8 Å². The number of hydrogen-bond acceptors (Lipinski definition) is 5. The average Bonchev–Trinajstić information content (AvgIpc) is 3.26. The molecule has 2 aliphatic rings. The summed E-state index contributed by atoms with van der Waals surface area (Å²) in [6.45, 7) is -1.92. The maximum absolute atomic E-state index is 12.6. The van der Waals surface area contributed by atoms with Crippen LogP contribution in [-0.2, 0) is 0 Å². The van der Waals surface area contributed by atoms with Crippen molar-refractivity contribution in [3.63, 3.8) is 0 Å². The molecule has 7 nitrogen and oxygen atoms in total. The molecule has 2 aromatic rings. The van der Waals surface area contributed by atoms with Crippen molar-refractivity contribution in [2.75, 3.05) is 18.0 Å². The summed E-state index contributed by atoms with van der Waals surface area (Å²) in [6.07, 6.45) is 0.624. The summed E-state index contributed by atoms with van der Waals surface area (Å²) in [6, 6.07) is 10.6. The van der Waals surface area contributed by atoms with E-state index in [0.29, 0.717) is 25.2 Å². The number of para-hydroxylation sites is 2. The van der Waals surface area contributed by atoms with Gasteiger partial charge in [0.2, 0.25) is 0 Å². The first kappa shape index (κ1) is 18.9. The fraction of sp³-hybridized carbons (Fsp3) is 0.250. The molecule has 2 aromatic carbocycles. The molecule has 2 N–H and O–H groups in total. The van der Waals surface area contributed by atoms with Crippen LogP contribution in [0.2, 0.25) is 0 Å². The van der Waals surface area contributed by atoms with Crippen molar-refractivity contribution in [1.82, 2.24) is 10.6 Å². The van der Waals surface area contributed by atoms with E-state index in [9.17, 15) is 23.2 Å². The van der Waals surface area contributed by atoms with Crippen molar-refractivity contribution in [2.45, 2.75) is 19.1 Å². The lowest BCUT2D eigenvalue weighted by Gasteiger charge is -2.22. The molecule has 9 heteroatoms. The predicted molar refractivity (Wildman–Crippen MR) is 99.4 cm³/mol. The smallest absolute Gasteiger partial charge is 0.387 e. The molecule has 0 aromatic heterocycles. The fourth-order valence-corrected chi connectivity index (χ4v) is 3.59. The minimum absolute atomic E-state index is 0.0868. The number of fused-ring (bicyclic) bond motifs is 1. The van der Waals surface area contributed by atoms with Crippen LogP contribution in [0.4, 0.5) is 14.5 Å². The molecule has 150 valence electrons. The fourth-order valence-electron chi connectivity index (χ4n) is 3.59. The highest BCUT2D eigenvalue weighted by Crippen LogP contribution is 2.31. The van der Waals surface area contributed by atoms with Crippen LogP contribution in [0, 0.1) is 0 Å². The van der Waals surface area contributed by atoms with E-state index in [2.05, 4.69) is 15.4 Å². The first-order chi connectivity index (χ1) is 13.9. The Morgan fingerprint density at radius 2 is 1.90 bits per heavy atom. The molecule has 3 amide bonds. The molecule has 2 aliphatic heterocycles. The monoisotopic (exact) mass is 401 g/mol. The lowest BCUT2D eigenvalue weighted by molar-refractivity contribution is -0.0495. The van der Waals surface area contributed by atoms with E-state index in [1.807, 2.05) is 4.90 Å². The van der Waals surface area contributed by atoms with E-state index in [4.69, 9.17) is 0 Å². The number of hydrogen-bond donors (Lipinski definition) is 2. The SMILES string of the molecule is O=C(NC1CCN(c2ccccc2OC(F)F)C1)c1ccc2c(c1)C(=O)NC2=O. The highest BCUT2D eigenvalue weighted by molar-refractivity contribution is 6.22. The van der Waals surface area contributed by atoms with Crippen molar-refractivity contribution in [1.29, 1.82) is 0 Å². The topological polar surface area (TPSA) is 87.7 Å². The Hall–Kier alpha value is -3.49. The van der Waals surface area contributed by atoms with Gasteiger partial charge in [0, 0.05) is 24.7 Å². The van der Waals surface area contributed by atoms with Crippen LogP contribution in [0.3, 0.4) is 0 Å². The summed E-state index contributed by atoms with van der Waals surface area (Å²) in [5.41, 5.74) is 1.23. The van der Waals surface area contributed by atoms with E-state index >= 15 is 0 Å². The van der Waals surface area contributed by atoms with Gasteiger partial charge in [0.05, 0.1) is 16.8 Å². The number of amides is 3. The summed E-state index contributed by atoms with van der Waals surface area (Å²) in [5.74, 6) is -1.29. The molecule has 29 heavy (non-hydrogen) atoms. The van der Waals surface area contributed by atoms with Crippen LogP contribution in [0.15, 0.2) is 42.5 Å². The third-order valence-corrected chi connectivity index (χ3v) is 4.94. The standard InChI is InChI=1S/C20H17F2N3O4/c21-20(22)29-16-4-2-1-3-15(16)25-8-7-12(10-25)23-17(26)11-5-6-13-14(9-11)19(28)24-18(13)27/h1-6,9,12,20H,7-8,10H2,(H,23,26)(H,24,27,28). The van der Waals surface area contributed by atoms with Gasteiger partial charge < -0.3 is 15.0 Å².